The van der Waals surface area contributed by atoms with Gasteiger partial charge < -0.3 is 4.74 Å². The molecule has 1 atom stereocenters. The third kappa shape index (κ3) is 2.92. The zero-order valence-corrected chi connectivity index (χ0v) is 12.9. The molecular weight excluding hydrogens is 224 g/mol. The SMILES string of the molecule is CC[Si](CC)(CC)C(C)c1ccc(OC)cc1. The normalized spacial score (nSPS) is 13.5. The molecule has 0 aliphatic carbocycles. The van der Waals surface area contributed by atoms with Crippen molar-refractivity contribution in [2.45, 2.75) is 51.4 Å². The van der Waals surface area contributed by atoms with Crippen molar-refractivity contribution < 1.29 is 4.74 Å². The van der Waals surface area contributed by atoms with Crippen LogP contribution in [-0.2, 0) is 0 Å². The monoisotopic (exact) mass is 250 g/mol. The van der Waals surface area contributed by atoms with Crippen LogP contribution in [0.15, 0.2) is 24.3 Å². The lowest BCUT2D eigenvalue weighted by atomic mass is 10.1. The summed E-state index contributed by atoms with van der Waals surface area (Å²) >= 11 is 0. The van der Waals surface area contributed by atoms with E-state index >= 15 is 0 Å². The van der Waals surface area contributed by atoms with Crippen LogP contribution in [0.4, 0.5) is 0 Å². The molecule has 0 fully saturated rings. The second-order valence-electron chi connectivity index (χ2n) is 4.92. The Labute approximate surface area is 107 Å². The molecule has 0 aliphatic rings. The van der Waals surface area contributed by atoms with Crippen LogP contribution in [0.3, 0.4) is 0 Å². The summed E-state index contributed by atoms with van der Waals surface area (Å²) < 4.78 is 5.22. The largest absolute Gasteiger partial charge is 0.497 e. The number of rotatable bonds is 6. The van der Waals surface area contributed by atoms with Crippen LogP contribution in [0.5, 0.6) is 5.75 Å². The Kier molecular flexibility index (Phi) is 5.25. The lowest BCUT2D eigenvalue weighted by Crippen LogP contribution is -2.38. The molecule has 0 saturated heterocycles. The van der Waals surface area contributed by atoms with E-state index in [1.54, 1.807) is 7.11 Å². The first-order chi connectivity index (χ1) is 8.13. The lowest BCUT2D eigenvalue weighted by Gasteiger charge is -2.35. The summed E-state index contributed by atoms with van der Waals surface area (Å²) in [6.07, 6.45) is 0. The molecule has 17 heavy (non-hydrogen) atoms. The summed E-state index contributed by atoms with van der Waals surface area (Å²) in [4.78, 5) is 0. The van der Waals surface area contributed by atoms with Crippen LogP contribution in [0.2, 0.25) is 18.1 Å². The van der Waals surface area contributed by atoms with Gasteiger partial charge in [0.05, 0.1) is 15.2 Å². The zero-order chi connectivity index (χ0) is 12.9. The minimum Gasteiger partial charge on any atom is -0.497 e. The Morgan fingerprint density at radius 2 is 1.47 bits per heavy atom. The van der Waals surface area contributed by atoms with E-state index in [1.807, 2.05) is 0 Å². The Balaban J connectivity index is 2.96. The van der Waals surface area contributed by atoms with E-state index in [2.05, 4.69) is 52.0 Å². The van der Waals surface area contributed by atoms with Gasteiger partial charge in [-0.25, -0.2) is 0 Å². The van der Waals surface area contributed by atoms with E-state index in [4.69, 9.17) is 4.74 Å². The molecule has 1 aromatic rings. The van der Waals surface area contributed by atoms with Gasteiger partial charge in [0.1, 0.15) is 5.75 Å². The second-order valence-corrected chi connectivity index (χ2v) is 10.6. The molecule has 0 aromatic heterocycles. The predicted molar refractivity (Wildman–Crippen MR) is 78.6 cm³/mol. The van der Waals surface area contributed by atoms with Crippen LogP contribution in [-0.4, -0.2) is 15.2 Å². The quantitative estimate of drug-likeness (QED) is 0.656. The molecule has 0 heterocycles. The molecule has 1 rings (SSSR count). The number of methoxy groups -OCH3 is 1. The molecule has 0 bridgehead atoms. The molecule has 0 spiro atoms. The third-order valence-electron chi connectivity index (χ3n) is 4.65. The van der Waals surface area contributed by atoms with E-state index in [9.17, 15) is 0 Å². The molecule has 1 unspecified atom stereocenters. The van der Waals surface area contributed by atoms with Crippen molar-refractivity contribution in [3.63, 3.8) is 0 Å². The molecule has 1 nitrogen and oxygen atoms in total. The number of benzene rings is 1. The van der Waals surface area contributed by atoms with Gasteiger partial charge in [-0.2, -0.15) is 0 Å². The fraction of sp³-hybridized carbons (Fsp3) is 0.600. The standard InChI is InChI=1S/C15H26OSi/c1-6-17(7-2,8-3)13(4)14-9-11-15(16-5)12-10-14/h9-13H,6-8H2,1-5H3. The maximum atomic E-state index is 5.22. The average Bonchev–Trinajstić information content (AvgIpc) is 2.41. The predicted octanol–water partition coefficient (Wildman–Crippen LogP) is 4.85. The fourth-order valence-electron chi connectivity index (χ4n) is 2.91. The van der Waals surface area contributed by atoms with E-state index in [1.165, 1.54) is 23.7 Å². The molecular formula is C15H26OSi. The van der Waals surface area contributed by atoms with E-state index in [-0.39, 0.29) is 0 Å². The highest BCUT2D eigenvalue weighted by atomic mass is 28.3. The molecule has 0 aliphatic heterocycles. The minimum atomic E-state index is -1.13. The average molecular weight is 250 g/mol. The Hall–Kier alpha value is -0.763. The van der Waals surface area contributed by atoms with Crippen LogP contribution >= 0.6 is 0 Å². The highest BCUT2D eigenvalue weighted by Gasteiger charge is 2.33. The Morgan fingerprint density at radius 1 is 1.00 bits per heavy atom. The minimum absolute atomic E-state index is 0.744. The van der Waals surface area contributed by atoms with E-state index in [0.717, 1.165) is 11.3 Å². The highest BCUT2D eigenvalue weighted by molar-refractivity contribution is 6.80. The van der Waals surface area contributed by atoms with Crippen molar-refractivity contribution in [2.75, 3.05) is 7.11 Å². The number of hydrogen-bond acceptors (Lipinski definition) is 1. The van der Waals surface area contributed by atoms with E-state index < -0.39 is 8.07 Å². The van der Waals surface area contributed by atoms with Crippen LogP contribution in [0, 0.1) is 0 Å². The van der Waals surface area contributed by atoms with Crippen LogP contribution in [0.1, 0.15) is 38.8 Å². The van der Waals surface area contributed by atoms with Crippen LogP contribution in [0.25, 0.3) is 0 Å². The van der Waals surface area contributed by atoms with Crippen LogP contribution < -0.4 is 4.74 Å². The van der Waals surface area contributed by atoms with Crippen molar-refractivity contribution >= 4 is 8.07 Å². The van der Waals surface area contributed by atoms with Crippen molar-refractivity contribution in [1.29, 1.82) is 0 Å². The highest BCUT2D eigenvalue weighted by Crippen LogP contribution is 2.36. The maximum absolute atomic E-state index is 5.22. The smallest absolute Gasteiger partial charge is 0.118 e. The summed E-state index contributed by atoms with van der Waals surface area (Å²) in [6.45, 7) is 9.54. The molecule has 0 radical (unpaired) electrons. The lowest BCUT2D eigenvalue weighted by molar-refractivity contribution is 0.414. The van der Waals surface area contributed by atoms with Gasteiger partial charge in [0, 0.05) is 0 Å². The number of ether oxygens (including phenoxy) is 1. The zero-order valence-electron chi connectivity index (χ0n) is 11.9. The van der Waals surface area contributed by atoms with Gasteiger partial charge in [-0.05, 0) is 23.2 Å². The first-order valence-corrected chi connectivity index (χ1v) is 9.47. The molecule has 0 saturated carbocycles. The topological polar surface area (TPSA) is 9.23 Å². The number of hydrogen-bond donors (Lipinski definition) is 0. The summed E-state index contributed by atoms with van der Waals surface area (Å²) in [5, 5.41) is 0. The van der Waals surface area contributed by atoms with Gasteiger partial charge in [0.15, 0.2) is 0 Å². The fourth-order valence-corrected chi connectivity index (χ4v) is 7.15. The Bertz CT molecular complexity index is 319. The van der Waals surface area contributed by atoms with E-state index in [0.29, 0.717) is 0 Å². The van der Waals surface area contributed by atoms with Gasteiger partial charge in [0.25, 0.3) is 0 Å². The molecule has 1 aromatic carbocycles. The van der Waals surface area contributed by atoms with Crippen molar-refractivity contribution in [3.05, 3.63) is 29.8 Å². The van der Waals surface area contributed by atoms with Gasteiger partial charge in [-0.15, -0.1) is 0 Å². The molecule has 96 valence electrons. The summed E-state index contributed by atoms with van der Waals surface area (Å²) in [5.41, 5.74) is 2.23. The summed E-state index contributed by atoms with van der Waals surface area (Å²) in [6, 6.07) is 12.8. The van der Waals surface area contributed by atoms with Crippen molar-refractivity contribution in [2.24, 2.45) is 0 Å². The van der Waals surface area contributed by atoms with Gasteiger partial charge >= 0.3 is 0 Å². The summed E-state index contributed by atoms with van der Waals surface area (Å²) in [7, 11) is 0.594. The van der Waals surface area contributed by atoms with Gasteiger partial charge in [-0.1, -0.05) is 58.0 Å². The second kappa shape index (κ2) is 6.25. The summed E-state index contributed by atoms with van der Waals surface area (Å²) in [5.74, 6) is 0.956. The molecule has 0 amide bonds. The molecule has 2 heteroatoms. The molecule has 0 N–H and O–H groups in total. The van der Waals surface area contributed by atoms with Crippen molar-refractivity contribution in [3.8, 4) is 5.75 Å². The third-order valence-corrected chi connectivity index (χ3v) is 11.0. The maximum Gasteiger partial charge on any atom is 0.118 e. The first-order valence-electron chi connectivity index (χ1n) is 6.77. The van der Waals surface area contributed by atoms with Crippen molar-refractivity contribution in [1.82, 2.24) is 0 Å². The van der Waals surface area contributed by atoms with Gasteiger partial charge in [-0.3, -0.25) is 0 Å². The van der Waals surface area contributed by atoms with Gasteiger partial charge in [0.2, 0.25) is 0 Å². The Morgan fingerprint density at radius 3 is 1.82 bits per heavy atom. The first kappa shape index (κ1) is 14.3.